The molecule has 1 atom stereocenters. The van der Waals surface area contributed by atoms with Crippen LogP contribution in [0.5, 0.6) is 5.75 Å². The monoisotopic (exact) mass is 450 g/mol. The van der Waals surface area contributed by atoms with Crippen LogP contribution in [0.25, 0.3) is 6.08 Å². The van der Waals surface area contributed by atoms with Gasteiger partial charge in [-0.2, -0.15) is 0 Å². The first-order chi connectivity index (χ1) is 15.3. The lowest BCUT2D eigenvalue weighted by atomic mass is 9.79. The zero-order valence-corrected chi connectivity index (χ0v) is 20.2. The van der Waals surface area contributed by atoms with E-state index < -0.39 is 0 Å². The topological polar surface area (TPSA) is 49.9 Å². The van der Waals surface area contributed by atoms with Crippen molar-refractivity contribution in [1.29, 1.82) is 0 Å². The van der Waals surface area contributed by atoms with E-state index in [2.05, 4.69) is 44.7 Å². The number of methoxy groups -OCH3 is 1. The second-order valence-electron chi connectivity index (χ2n) is 9.07. The number of ether oxygens (including phenoxy) is 1. The van der Waals surface area contributed by atoms with Crippen LogP contribution in [0.4, 0.5) is 16.2 Å². The molecule has 2 aliphatic rings. The average molecular weight is 451 g/mol. The minimum Gasteiger partial charge on any atom is -0.496 e. The van der Waals surface area contributed by atoms with Gasteiger partial charge in [-0.1, -0.05) is 32.0 Å². The van der Waals surface area contributed by atoms with Crippen LogP contribution in [-0.4, -0.2) is 30.3 Å². The van der Waals surface area contributed by atoms with Crippen molar-refractivity contribution in [3.05, 3.63) is 58.5 Å². The maximum Gasteiger partial charge on any atom is 0.298 e. The Morgan fingerprint density at radius 1 is 1.19 bits per heavy atom. The molecule has 2 aromatic carbocycles. The molecule has 1 unspecified atom stereocenters. The number of nitrogens with zero attached hydrogens (tertiary/aromatic N) is 2. The number of amides is 2. The average Bonchev–Trinajstić information content (AvgIpc) is 3.04. The van der Waals surface area contributed by atoms with Crippen LogP contribution in [0, 0.1) is 0 Å². The van der Waals surface area contributed by atoms with Crippen molar-refractivity contribution in [2.45, 2.75) is 52.0 Å². The molecule has 0 saturated carbocycles. The van der Waals surface area contributed by atoms with Crippen molar-refractivity contribution in [2.24, 2.45) is 0 Å². The lowest BCUT2D eigenvalue weighted by Gasteiger charge is -2.47. The summed E-state index contributed by atoms with van der Waals surface area (Å²) in [5.74, 6) is 0.791. The number of para-hydroxylation sites is 1. The molecule has 0 bridgehead atoms. The van der Waals surface area contributed by atoms with E-state index in [1.807, 2.05) is 18.2 Å². The van der Waals surface area contributed by atoms with Crippen molar-refractivity contribution >= 4 is 40.4 Å². The smallest absolute Gasteiger partial charge is 0.298 e. The van der Waals surface area contributed by atoms with Gasteiger partial charge in [0.25, 0.3) is 11.1 Å². The molecule has 2 amide bonds. The zero-order valence-electron chi connectivity index (χ0n) is 19.3. The third-order valence-electron chi connectivity index (χ3n) is 6.28. The molecular weight excluding hydrogens is 420 g/mol. The van der Waals surface area contributed by atoms with E-state index >= 15 is 0 Å². The van der Waals surface area contributed by atoms with Crippen LogP contribution >= 0.6 is 11.8 Å². The number of carbonyl (C=O) groups is 2. The maximum atomic E-state index is 13.1. The van der Waals surface area contributed by atoms with Gasteiger partial charge < -0.3 is 9.64 Å². The number of rotatable bonds is 5. The van der Waals surface area contributed by atoms with Crippen LogP contribution in [0.15, 0.2) is 47.4 Å². The first-order valence-corrected chi connectivity index (χ1v) is 11.9. The van der Waals surface area contributed by atoms with Crippen LogP contribution < -0.4 is 14.5 Å². The number of benzene rings is 2. The summed E-state index contributed by atoms with van der Waals surface area (Å²) < 4.78 is 5.73. The van der Waals surface area contributed by atoms with Crippen LogP contribution in [0.2, 0.25) is 0 Å². The molecule has 0 radical (unpaired) electrons. The Kier molecular flexibility index (Phi) is 6.08. The summed E-state index contributed by atoms with van der Waals surface area (Å²) in [5, 5.41) is -0.284. The summed E-state index contributed by atoms with van der Waals surface area (Å²) in [7, 11) is 1.65. The highest BCUT2D eigenvalue weighted by Gasteiger charge is 2.38. The Bertz CT molecular complexity index is 1080. The lowest BCUT2D eigenvalue weighted by molar-refractivity contribution is -0.113. The van der Waals surface area contributed by atoms with Crippen molar-refractivity contribution in [2.75, 3.05) is 23.5 Å². The highest BCUT2D eigenvalue weighted by Crippen LogP contribution is 2.47. The van der Waals surface area contributed by atoms with E-state index in [0.717, 1.165) is 36.7 Å². The molecule has 4 rings (SSSR count). The molecular formula is C26H30N2O3S. The summed E-state index contributed by atoms with van der Waals surface area (Å²) in [6.07, 6.45) is 3.91. The zero-order chi connectivity index (χ0) is 23.0. The quantitative estimate of drug-likeness (QED) is 0.491. The minimum atomic E-state index is -0.298. The maximum absolute atomic E-state index is 13.1. The molecule has 5 nitrogen and oxygen atoms in total. The molecule has 1 fully saturated rings. The lowest BCUT2D eigenvalue weighted by Crippen LogP contribution is -2.48. The third-order valence-corrected chi connectivity index (χ3v) is 7.15. The fourth-order valence-electron chi connectivity index (χ4n) is 4.87. The first kappa shape index (κ1) is 22.5. The molecule has 0 N–H and O–H groups in total. The van der Waals surface area contributed by atoms with Crippen molar-refractivity contribution < 1.29 is 14.3 Å². The number of fused-ring (bicyclic) bond motifs is 1. The standard InChI is InChI=1S/C26H30N2O3S/c1-6-12-27-21-15-22(31-5)18(13-20(21)17(2)16-26(27,3)4)14-23-24(29)28(25(30)32-23)19-10-8-7-9-11-19/h7-11,13-15,17H,6,12,16H2,1-5H3/b23-14+. The van der Waals surface area contributed by atoms with Gasteiger partial charge in [0.1, 0.15) is 5.75 Å². The van der Waals surface area contributed by atoms with Crippen LogP contribution in [-0.2, 0) is 4.79 Å². The highest BCUT2D eigenvalue weighted by atomic mass is 32.2. The molecule has 2 aliphatic heterocycles. The summed E-state index contributed by atoms with van der Waals surface area (Å²) >= 11 is 0.970. The number of hydrogen-bond donors (Lipinski definition) is 0. The number of anilines is 2. The highest BCUT2D eigenvalue weighted by molar-refractivity contribution is 8.19. The Balaban J connectivity index is 1.76. The Morgan fingerprint density at radius 2 is 1.91 bits per heavy atom. The van der Waals surface area contributed by atoms with E-state index in [1.165, 1.54) is 16.2 Å². The van der Waals surface area contributed by atoms with E-state index in [0.29, 0.717) is 22.3 Å². The first-order valence-electron chi connectivity index (χ1n) is 11.1. The minimum absolute atomic E-state index is 0.0628. The van der Waals surface area contributed by atoms with Crippen molar-refractivity contribution in [1.82, 2.24) is 0 Å². The second-order valence-corrected chi connectivity index (χ2v) is 10.1. The van der Waals surface area contributed by atoms with Gasteiger partial charge >= 0.3 is 0 Å². The molecule has 1 saturated heterocycles. The molecule has 2 aromatic rings. The van der Waals surface area contributed by atoms with Crippen molar-refractivity contribution in [3.63, 3.8) is 0 Å². The van der Waals surface area contributed by atoms with E-state index in [1.54, 1.807) is 25.3 Å². The molecule has 32 heavy (non-hydrogen) atoms. The molecule has 0 aromatic heterocycles. The van der Waals surface area contributed by atoms with Gasteiger partial charge in [0, 0.05) is 29.4 Å². The Morgan fingerprint density at radius 3 is 2.56 bits per heavy atom. The summed E-state index contributed by atoms with van der Waals surface area (Å²) in [5.41, 5.74) is 3.93. The van der Waals surface area contributed by atoms with Crippen LogP contribution in [0.1, 0.15) is 57.6 Å². The normalized spacial score (nSPS) is 21.3. The third kappa shape index (κ3) is 3.92. The van der Waals surface area contributed by atoms with Gasteiger partial charge in [0.15, 0.2) is 0 Å². The molecule has 0 spiro atoms. The fraction of sp³-hybridized carbons (Fsp3) is 0.385. The molecule has 168 valence electrons. The predicted molar refractivity (Wildman–Crippen MR) is 133 cm³/mol. The second kappa shape index (κ2) is 8.66. The van der Waals surface area contributed by atoms with Gasteiger partial charge in [-0.05, 0) is 74.2 Å². The van der Waals surface area contributed by atoms with Gasteiger partial charge in [-0.25, -0.2) is 4.90 Å². The fourth-order valence-corrected chi connectivity index (χ4v) is 5.70. The number of carbonyl (C=O) groups excluding carboxylic acids is 2. The SMILES string of the molecule is CCCN1c2cc(OC)c(/C=C3/SC(=O)N(c4ccccc4)C3=O)cc2C(C)CC1(C)C. The number of thioether (sulfide) groups is 1. The van der Waals surface area contributed by atoms with E-state index in [4.69, 9.17) is 4.74 Å². The van der Waals surface area contributed by atoms with Gasteiger partial charge in [-0.15, -0.1) is 0 Å². The van der Waals surface area contributed by atoms with Gasteiger partial charge in [0.2, 0.25) is 0 Å². The van der Waals surface area contributed by atoms with Crippen molar-refractivity contribution in [3.8, 4) is 5.75 Å². The number of imide groups is 1. The summed E-state index contributed by atoms with van der Waals surface area (Å²) in [6.45, 7) is 10.0. The van der Waals surface area contributed by atoms with Crippen LogP contribution in [0.3, 0.4) is 0 Å². The molecule has 2 heterocycles. The van der Waals surface area contributed by atoms with Gasteiger partial charge in [-0.3, -0.25) is 9.59 Å². The molecule has 6 heteroatoms. The van der Waals surface area contributed by atoms with E-state index in [-0.39, 0.29) is 16.7 Å². The predicted octanol–water partition coefficient (Wildman–Crippen LogP) is 6.44. The van der Waals surface area contributed by atoms with E-state index in [9.17, 15) is 9.59 Å². The molecule has 0 aliphatic carbocycles. The Hall–Kier alpha value is -2.73. The summed E-state index contributed by atoms with van der Waals surface area (Å²) in [6, 6.07) is 13.3. The van der Waals surface area contributed by atoms with Gasteiger partial charge in [0.05, 0.1) is 17.7 Å². The largest absolute Gasteiger partial charge is 0.496 e. The number of hydrogen-bond acceptors (Lipinski definition) is 5. The summed E-state index contributed by atoms with van der Waals surface area (Å²) in [4.78, 5) is 29.8. The Labute approximate surface area is 194 Å².